The van der Waals surface area contributed by atoms with Gasteiger partial charge in [-0.1, -0.05) is 25.4 Å². The van der Waals surface area contributed by atoms with Crippen LogP contribution in [-0.4, -0.2) is 4.98 Å². The van der Waals surface area contributed by atoms with E-state index in [0.29, 0.717) is 17.4 Å². The van der Waals surface area contributed by atoms with Gasteiger partial charge in [0.25, 0.3) is 0 Å². The van der Waals surface area contributed by atoms with Crippen molar-refractivity contribution < 1.29 is 4.74 Å². The molecule has 0 spiro atoms. The molecule has 1 heterocycles. The highest BCUT2D eigenvalue weighted by molar-refractivity contribution is 6.31. The largest absolute Gasteiger partial charge is 0.457 e. The monoisotopic (exact) mass is 286 g/mol. The summed E-state index contributed by atoms with van der Waals surface area (Å²) in [6, 6.07) is 9.19. The Morgan fingerprint density at radius 1 is 1.30 bits per heavy atom. The van der Waals surface area contributed by atoms with Gasteiger partial charge in [-0.25, -0.2) is 4.98 Å². The maximum atomic E-state index is 8.85. The van der Waals surface area contributed by atoms with E-state index in [2.05, 4.69) is 18.8 Å². The van der Waals surface area contributed by atoms with Gasteiger partial charge in [0, 0.05) is 17.3 Å². The molecular formula is C16H15ClN2O. The molecule has 3 nitrogen and oxygen atoms in total. The second-order valence-electron chi connectivity index (χ2n) is 4.88. The molecule has 4 heteroatoms. The lowest BCUT2D eigenvalue weighted by Crippen LogP contribution is -1.95. The molecule has 0 saturated carbocycles. The molecule has 0 fully saturated rings. The molecule has 0 bridgehead atoms. The van der Waals surface area contributed by atoms with Crippen molar-refractivity contribution in [1.82, 2.24) is 4.98 Å². The lowest BCUT2D eigenvalue weighted by atomic mass is 10.0. The predicted octanol–water partition coefficient (Wildman–Crippen LogP) is 4.83. The second kappa shape index (κ2) is 5.94. The van der Waals surface area contributed by atoms with Crippen molar-refractivity contribution in [3.8, 4) is 17.6 Å². The zero-order chi connectivity index (χ0) is 14.7. The smallest absolute Gasteiger partial charge is 0.144 e. The van der Waals surface area contributed by atoms with E-state index < -0.39 is 0 Å². The van der Waals surface area contributed by atoms with Gasteiger partial charge in [-0.15, -0.1) is 0 Å². The number of halogens is 1. The molecule has 0 amide bonds. The van der Waals surface area contributed by atoms with Crippen molar-refractivity contribution >= 4 is 11.6 Å². The standard InChI is InChI=1S/C16H15ClN2O/c1-10(2)14-8-16(11(3)6-15(14)17)20-13-4-5-19-12(7-13)9-18/h4-8,10H,1-3H3. The van der Waals surface area contributed by atoms with Crippen LogP contribution in [0.3, 0.4) is 0 Å². The number of nitriles is 1. The molecule has 2 rings (SSSR count). The Labute approximate surface area is 123 Å². The van der Waals surface area contributed by atoms with Crippen LogP contribution in [-0.2, 0) is 0 Å². The van der Waals surface area contributed by atoms with E-state index in [1.54, 1.807) is 18.3 Å². The fourth-order valence-corrected chi connectivity index (χ4v) is 2.32. The lowest BCUT2D eigenvalue weighted by Gasteiger charge is -2.14. The molecule has 0 N–H and O–H groups in total. The van der Waals surface area contributed by atoms with Crippen molar-refractivity contribution in [2.24, 2.45) is 0 Å². The lowest BCUT2D eigenvalue weighted by molar-refractivity contribution is 0.477. The van der Waals surface area contributed by atoms with Gasteiger partial charge >= 0.3 is 0 Å². The summed E-state index contributed by atoms with van der Waals surface area (Å²) in [5, 5.41) is 9.60. The Morgan fingerprint density at radius 3 is 2.70 bits per heavy atom. The van der Waals surface area contributed by atoms with Gasteiger partial charge in [0.15, 0.2) is 0 Å². The predicted molar refractivity (Wildman–Crippen MR) is 79.3 cm³/mol. The van der Waals surface area contributed by atoms with E-state index >= 15 is 0 Å². The van der Waals surface area contributed by atoms with Crippen LogP contribution in [0.15, 0.2) is 30.5 Å². The molecule has 0 atom stereocenters. The van der Waals surface area contributed by atoms with Crippen molar-refractivity contribution in [3.05, 3.63) is 52.3 Å². The SMILES string of the molecule is Cc1cc(Cl)c(C(C)C)cc1Oc1ccnc(C#N)c1. The van der Waals surface area contributed by atoms with Gasteiger partial charge in [-0.3, -0.25) is 0 Å². The summed E-state index contributed by atoms with van der Waals surface area (Å²) in [4.78, 5) is 3.92. The van der Waals surface area contributed by atoms with Crippen LogP contribution in [0.5, 0.6) is 11.5 Å². The number of hydrogen-bond acceptors (Lipinski definition) is 3. The van der Waals surface area contributed by atoms with Gasteiger partial charge < -0.3 is 4.74 Å². The fourth-order valence-electron chi connectivity index (χ4n) is 1.88. The molecule has 2 aromatic rings. The number of ether oxygens (including phenoxy) is 1. The minimum atomic E-state index is 0.317. The molecule has 20 heavy (non-hydrogen) atoms. The molecule has 1 aromatic heterocycles. The number of nitrogens with zero attached hydrogens (tertiary/aromatic N) is 2. The molecule has 0 aliphatic carbocycles. The van der Waals surface area contributed by atoms with E-state index in [-0.39, 0.29) is 0 Å². The molecule has 0 aliphatic rings. The Kier molecular flexibility index (Phi) is 4.26. The summed E-state index contributed by atoms with van der Waals surface area (Å²) in [5.74, 6) is 1.66. The summed E-state index contributed by atoms with van der Waals surface area (Å²) in [5.41, 5.74) is 2.33. The first-order valence-electron chi connectivity index (χ1n) is 6.35. The highest BCUT2D eigenvalue weighted by Crippen LogP contribution is 2.33. The van der Waals surface area contributed by atoms with Crippen LogP contribution < -0.4 is 4.74 Å². The minimum Gasteiger partial charge on any atom is -0.457 e. The summed E-state index contributed by atoms with van der Waals surface area (Å²) in [6.45, 7) is 6.11. The van der Waals surface area contributed by atoms with Gasteiger partial charge in [0.2, 0.25) is 0 Å². The van der Waals surface area contributed by atoms with E-state index in [0.717, 1.165) is 21.9 Å². The Morgan fingerprint density at radius 2 is 2.05 bits per heavy atom. The van der Waals surface area contributed by atoms with Crippen LogP contribution >= 0.6 is 11.6 Å². The van der Waals surface area contributed by atoms with Crippen LogP contribution in [0.2, 0.25) is 5.02 Å². The maximum Gasteiger partial charge on any atom is 0.144 e. The second-order valence-corrected chi connectivity index (χ2v) is 5.29. The normalized spacial score (nSPS) is 10.4. The third-order valence-electron chi connectivity index (χ3n) is 2.99. The van der Waals surface area contributed by atoms with Crippen LogP contribution in [0.25, 0.3) is 0 Å². The quantitative estimate of drug-likeness (QED) is 0.812. The Bertz CT molecular complexity index is 675. The zero-order valence-corrected chi connectivity index (χ0v) is 12.4. The third kappa shape index (κ3) is 3.09. The number of rotatable bonds is 3. The third-order valence-corrected chi connectivity index (χ3v) is 3.32. The number of aryl methyl sites for hydroxylation is 1. The van der Waals surface area contributed by atoms with E-state index in [9.17, 15) is 0 Å². The molecule has 102 valence electrons. The summed E-state index contributed by atoms with van der Waals surface area (Å²) >= 11 is 6.24. The summed E-state index contributed by atoms with van der Waals surface area (Å²) in [6.07, 6.45) is 1.56. The van der Waals surface area contributed by atoms with E-state index in [1.165, 1.54) is 0 Å². The average molecular weight is 287 g/mol. The zero-order valence-electron chi connectivity index (χ0n) is 11.6. The van der Waals surface area contributed by atoms with Gasteiger partial charge in [-0.05, 0) is 42.2 Å². The number of aromatic nitrogens is 1. The van der Waals surface area contributed by atoms with E-state index in [1.807, 2.05) is 25.1 Å². The highest BCUT2D eigenvalue weighted by atomic mass is 35.5. The molecule has 0 unspecified atom stereocenters. The maximum absolute atomic E-state index is 8.85. The summed E-state index contributed by atoms with van der Waals surface area (Å²) < 4.78 is 5.85. The summed E-state index contributed by atoms with van der Waals surface area (Å²) in [7, 11) is 0. The molecule has 1 aromatic carbocycles. The molecule has 0 aliphatic heterocycles. The first-order chi connectivity index (χ1) is 9.51. The first kappa shape index (κ1) is 14.4. The van der Waals surface area contributed by atoms with Gasteiger partial charge in [-0.2, -0.15) is 5.26 Å². The Balaban J connectivity index is 2.38. The molecule has 0 saturated heterocycles. The first-order valence-corrected chi connectivity index (χ1v) is 6.73. The van der Waals surface area contributed by atoms with Gasteiger partial charge in [0.1, 0.15) is 23.3 Å². The number of hydrogen-bond donors (Lipinski definition) is 0. The van der Waals surface area contributed by atoms with Gasteiger partial charge in [0.05, 0.1) is 0 Å². The topological polar surface area (TPSA) is 45.9 Å². The fraction of sp³-hybridized carbons (Fsp3) is 0.250. The van der Waals surface area contributed by atoms with Crippen LogP contribution in [0.1, 0.15) is 36.6 Å². The minimum absolute atomic E-state index is 0.317. The molecular weight excluding hydrogens is 272 g/mol. The number of pyridine rings is 1. The van der Waals surface area contributed by atoms with Crippen LogP contribution in [0, 0.1) is 18.3 Å². The highest BCUT2D eigenvalue weighted by Gasteiger charge is 2.11. The molecule has 0 radical (unpaired) electrons. The van der Waals surface area contributed by atoms with E-state index in [4.69, 9.17) is 21.6 Å². The Hall–Kier alpha value is -2.05. The van der Waals surface area contributed by atoms with Crippen LogP contribution in [0.4, 0.5) is 0 Å². The van der Waals surface area contributed by atoms with Crippen molar-refractivity contribution in [2.45, 2.75) is 26.7 Å². The number of benzene rings is 1. The van der Waals surface area contributed by atoms with Crippen molar-refractivity contribution in [3.63, 3.8) is 0 Å². The average Bonchev–Trinajstić information content (AvgIpc) is 2.41. The van der Waals surface area contributed by atoms with Crippen molar-refractivity contribution in [2.75, 3.05) is 0 Å². The van der Waals surface area contributed by atoms with Crippen molar-refractivity contribution in [1.29, 1.82) is 5.26 Å².